The second-order valence-corrected chi connectivity index (χ2v) is 7.79. The highest BCUT2D eigenvalue weighted by Gasteiger charge is 2.38. The Labute approximate surface area is 160 Å². The summed E-state index contributed by atoms with van der Waals surface area (Å²) in [6.07, 6.45) is -0.493. The first-order valence-corrected chi connectivity index (χ1v) is 9.71. The number of nitrogens with zero attached hydrogens (tertiary/aromatic N) is 2. The number of hydrogen-bond acceptors (Lipinski definition) is 8. The van der Waals surface area contributed by atoms with E-state index in [1.165, 1.54) is 11.3 Å². The lowest BCUT2D eigenvalue weighted by Gasteiger charge is -2.37. The molecule has 0 aliphatic carbocycles. The Kier molecular flexibility index (Phi) is 4.45. The molecule has 3 heterocycles. The molecule has 1 aromatic heterocycles. The Bertz CT molecular complexity index is 868. The van der Waals surface area contributed by atoms with Crippen LogP contribution in [0.3, 0.4) is 0 Å². The average Bonchev–Trinajstić information content (AvgIpc) is 3.19. The minimum absolute atomic E-state index is 0.0469. The number of rotatable bonds is 3. The summed E-state index contributed by atoms with van der Waals surface area (Å²) in [6, 6.07) is 5.03. The fourth-order valence-corrected chi connectivity index (χ4v) is 4.08. The standard InChI is InChI=1S/C18H21N3O5S/c1-10-4-3-7-21(11(10)2)16(22)13-9-27-17(20-13)19-12-5-6-14-15(8-12)26-18(23,24)25-14/h5-6,8-11,23-24H,3-4,7H2,1-2H3,(H,19,20). The van der Waals surface area contributed by atoms with Crippen LogP contribution in [-0.2, 0) is 0 Å². The molecule has 1 aromatic carbocycles. The van der Waals surface area contributed by atoms with Crippen molar-refractivity contribution in [1.29, 1.82) is 0 Å². The minimum Gasteiger partial charge on any atom is -0.403 e. The van der Waals surface area contributed by atoms with Gasteiger partial charge in [-0.05, 0) is 37.8 Å². The molecule has 144 valence electrons. The zero-order valence-corrected chi connectivity index (χ0v) is 15.8. The van der Waals surface area contributed by atoms with Crippen molar-refractivity contribution in [2.75, 3.05) is 11.9 Å². The van der Waals surface area contributed by atoms with Crippen LogP contribution in [0.2, 0.25) is 0 Å². The van der Waals surface area contributed by atoms with Gasteiger partial charge in [0.05, 0.1) is 0 Å². The number of hydrogen-bond donors (Lipinski definition) is 3. The van der Waals surface area contributed by atoms with E-state index in [1.807, 2.05) is 4.90 Å². The average molecular weight is 391 g/mol. The summed E-state index contributed by atoms with van der Waals surface area (Å²) in [5.41, 5.74) is 1.05. The highest BCUT2D eigenvalue weighted by Crippen LogP contribution is 2.39. The molecule has 1 amide bonds. The van der Waals surface area contributed by atoms with Crippen molar-refractivity contribution in [2.45, 2.75) is 38.9 Å². The van der Waals surface area contributed by atoms with Crippen molar-refractivity contribution in [3.63, 3.8) is 0 Å². The quantitative estimate of drug-likeness (QED) is 0.691. The van der Waals surface area contributed by atoms with Gasteiger partial charge in [-0.1, -0.05) is 6.92 Å². The second-order valence-electron chi connectivity index (χ2n) is 6.94. The monoisotopic (exact) mass is 391 g/mol. The van der Waals surface area contributed by atoms with E-state index in [1.54, 1.807) is 23.6 Å². The fourth-order valence-electron chi connectivity index (χ4n) is 3.38. The molecule has 3 N–H and O–H groups in total. The number of carbonyl (C=O) groups excluding carboxylic acids is 1. The van der Waals surface area contributed by atoms with Gasteiger partial charge in [0, 0.05) is 29.7 Å². The SMILES string of the molecule is CC1CCCN(C(=O)c2csc(Nc3ccc4c(c3)OC(O)(O)O4)n2)C1C. The Morgan fingerprint density at radius 3 is 2.93 bits per heavy atom. The first kappa shape index (κ1) is 18.0. The lowest BCUT2D eigenvalue weighted by atomic mass is 9.92. The fraction of sp³-hybridized carbons (Fsp3) is 0.444. The summed E-state index contributed by atoms with van der Waals surface area (Å²) in [6.45, 7) is 5.02. The van der Waals surface area contributed by atoms with Crippen molar-refractivity contribution >= 4 is 28.1 Å². The maximum atomic E-state index is 12.8. The number of likely N-dealkylation sites (tertiary alicyclic amines) is 1. The van der Waals surface area contributed by atoms with Crippen molar-refractivity contribution in [3.05, 3.63) is 29.3 Å². The van der Waals surface area contributed by atoms with Crippen molar-refractivity contribution in [1.82, 2.24) is 9.88 Å². The maximum absolute atomic E-state index is 12.8. The molecule has 2 aliphatic rings. The van der Waals surface area contributed by atoms with Gasteiger partial charge >= 0.3 is 6.16 Å². The number of thiazole rings is 1. The number of piperidine rings is 1. The third-order valence-corrected chi connectivity index (χ3v) is 5.80. The third-order valence-electron chi connectivity index (χ3n) is 5.04. The van der Waals surface area contributed by atoms with Crippen molar-refractivity contribution in [2.24, 2.45) is 5.92 Å². The lowest BCUT2D eigenvalue weighted by molar-refractivity contribution is -0.385. The first-order chi connectivity index (χ1) is 12.8. The van der Waals surface area contributed by atoms with E-state index in [4.69, 9.17) is 9.47 Å². The van der Waals surface area contributed by atoms with E-state index in [0.29, 0.717) is 22.4 Å². The highest BCUT2D eigenvalue weighted by molar-refractivity contribution is 7.14. The van der Waals surface area contributed by atoms with Crippen molar-refractivity contribution in [3.8, 4) is 11.5 Å². The zero-order chi connectivity index (χ0) is 19.2. The molecule has 8 nitrogen and oxygen atoms in total. The number of nitrogens with one attached hydrogen (secondary N) is 1. The first-order valence-electron chi connectivity index (χ1n) is 8.83. The number of aliphatic hydroxyl groups is 2. The van der Waals surface area contributed by atoms with Crippen LogP contribution in [0.4, 0.5) is 10.8 Å². The summed E-state index contributed by atoms with van der Waals surface area (Å²) < 4.78 is 9.71. The summed E-state index contributed by atoms with van der Waals surface area (Å²) >= 11 is 1.33. The van der Waals surface area contributed by atoms with E-state index < -0.39 is 6.16 Å². The molecule has 0 radical (unpaired) electrons. The van der Waals surface area contributed by atoms with E-state index in [0.717, 1.165) is 19.4 Å². The van der Waals surface area contributed by atoms with Gasteiger partial charge < -0.3 is 19.7 Å². The molecule has 0 bridgehead atoms. The van der Waals surface area contributed by atoms with Crippen LogP contribution in [0.1, 0.15) is 37.2 Å². The molecule has 2 aromatic rings. The molecule has 2 unspecified atom stereocenters. The lowest BCUT2D eigenvalue weighted by Crippen LogP contribution is -2.46. The smallest absolute Gasteiger partial charge is 0.403 e. The number of aromatic nitrogens is 1. The summed E-state index contributed by atoms with van der Waals surface area (Å²) in [7, 11) is 0. The number of anilines is 2. The Hall–Kier alpha value is -2.36. The van der Waals surface area contributed by atoms with Crippen molar-refractivity contribution < 1.29 is 24.5 Å². The van der Waals surface area contributed by atoms with Gasteiger partial charge in [0.2, 0.25) is 0 Å². The summed E-state index contributed by atoms with van der Waals surface area (Å²) in [5.74, 6) is 0.870. The number of carbonyl (C=O) groups is 1. The van der Waals surface area contributed by atoms with Gasteiger partial charge in [0.1, 0.15) is 5.69 Å². The van der Waals surface area contributed by atoms with Crippen LogP contribution in [0.25, 0.3) is 0 Å². The van der Waals surface area contributed by atoms with Gasteiger partial charge in [-0.2, -0.15) is 0 Å². The van der Waals surface area contributed by atoms with Gasteiger partial charge in [0.25, 0.3) is 5.91 Å². The molecule has 2 aliphatic heterocycles. The van der Waals surface area contributed by atoms with Crippen LogP contribution in [0, 0.1) is 5.92 Å². The van der Waals surface area contributed by atoms with Gasteiger partial charge in [-0.3, -0.25) is 15.0 Å². The van der Waals surface area contributed by atoms with E-state index in [-0.39, 0.29) is 23.4 Å². The molecule has 9 heteroatoms. The number of benzene rings is 1. The Balaban J connectivity index is 1.47. The third kappa shape index (κ3) is 3.58. The molecule has 4 rings (SSSR count). The molecule has 2 atom stereocenters. The van der Waals surface area contributed by atoms with Gasteiger partial charge in [-0.15, -0.1) is 11.3 Å². The predicted molar refractivity (Wildman–Crippen MR) is 99.2 cm³/mol. The molecular formula is C18H21N3O5S. The molecule has 0 saturated carbocycles. The topological polar surface area (TPSA) is 104 Å². The normalized spacial score (nSPS) is 23.3. The number of amides is 1. The molecular weight excluding hydrogens is 370 g/mol. The summed E-state index contributed by atoms with van der Waals surface area (Å²) in [4.78, 5) is 19.1. The van der Waals surface area contributed by atoms with Crippen LogP contribution in [0.15, 0.2) is 23.6 Å². The van der Waals surface area contributed by atoms with Crippen LogP contribution in [0.5, 0.6) is 11.5 Å². The zero-order valence-electron chi connectivity index (χ0n) is 15.0. The van der Waals surface area contributed by atoms with Crippen LogP contribution < -0.4 is 14.8 Å². The Morgan fingerprint density at radius 1 is 1.33 bits per heavy atom. The highest BCUT2D eigenvalue weighted by atomic mass is 32.1. The molecule has 1 fully saturated rings. The van der Waals surface area contributed by atoms with E-state index in [2.05, 4.69) is 24.1 Å². The molecule has 1 saturated heterocycles. The Morgan fingerprint density at radius 2 is 2.11 bits per heavy atom. The molecule has 27 heavy (non-hydrogen) atoms. The predicted octanol–water partition coefficient (Wildman–Crippen LogP) is 2.51. The minimum atomic E-state index is -2.65. The number of fused-ring (bicyclic) bond motifs is 1. The molecule has 0 spiro atoms. The second kappa shape index (κ2) is 6.66. The van der Waals surface area contributed by atoms with E-state index in [9.17, 15) is 15.0 Å². The van der Waals surface area contributed by atoms with Gasteiger partial charge in [0.15, 0.2) is 16.6 Å². The van der Waals surface area contributed by atoms with Gasteiger partial charge in [-0.25, -0.2) is 4.98 Å². The van der Waals surface area contributed by atoms with Crippen LogP contribution >= 0.6 is 11.3 Å². The number of ether oxygens (including phenoxy) is 2. The summed E-state index contributed by atoms with van der Waals surface area (Å²) in [5, 5.41) is 24.1. The van der Waals surface area contributed by atoms with E-state index >= 15 is 0 Å². The largest absolute Gasteiger partial charge is 0.505 e. The van der Waals surface area contributed by atoms with Crippen LogP contribution in [-0.4, -0.2) is 44.7 Å². The maximum Gasteiger partial charge on any atom is 0.505 e.